The molecule has 0 aliphatic heterocycles. The average molecular weight is 224 g/mol. The summed E-state index contributed by atoms with van der Waals surface area (Å²) in [5.41, 5.74) is 2.36. The van der Waals surface area contributed by atoms with Crippen LogP contribution in [0.1, 0.15) is 31.7 Å². The fraction of sp³-hybridized carbons (Fsp3) is 0.538. The highest BCUT2D eigenvalue weighted by molar-refractivity contribution is 6.31. The molecule has 2 heteroatoms. The average Bonchev–Trinajstić information content (AvgIpc) is 2.59. The summed E-state index contributed by atoms with van der Waals surface area (Å²) in [7, 11) is 0. The Bertz CT molecular complexity index is 348. The molecule has 1 aromatic rings. The van der Waals surface area contributed by atoms with Crippen LogP contribution >= 0.6 is 11.6 Å². The first-order chi connectivity index (χ1) is 7.16. The van der Waals surface area contributed by atoms with Crippen molar-refractivity contribution in [1.29, 1.82) is 0 Å². The van der Waals surface area contributed by atoms with E-state index >= 15 is 0 Å². The molecular formula is C13H18ClN. The predicted molar refractivity (Wildman–Crippen MR) is 66.6 cm³/mol. The second-order valence-corrected chi connectivity index (χ2v) is 5.08. The summed E-state index contributed by atoms with van der Waals surface area (Å²) < 4.78 is 0. The van der Waals surface area contributed by atoms with Gasteiger partial charge < -0.3 is 5.32 Å². The van der Waals surface area contributed by atoms with Crippen molar-refractivity contribution in [3.8, 4) is 0 Å². The van der Waals surface area contributed by atoms with Crippen LogP contribution in [0.3, 0.4) is 0 Å². The first-order valence-electron chi connectivity index (χ1n) is 5.68. The summed E-state index contributed by atoms with van der Waals surface area (Å²) in [5, 5.41) is 4.45. The molecule has 2 unspecified atom stereocenters. The van der Waals surface area contributed by atoms with Gasteiger partial charge in [-0.05, 0) is 49.8 Å². The van der Waals surface area contributed by atoms with Crippen LogP contribution in [0.4, 0.5) is 5.69 Å². The topological polar surface area (TPSA) is 12.0 Å². The van der Waals surface area contributed by atoms with E-state index in [0.29, 0.717) is 6.04 Å². The smallest absolute Gasteiger partial charge is 0.0455 e. The van der Waals surface area contributed by atoms with Gasteiger partial charge in [0, 0.05) is 16.8 Å². The van der Waals surface area contributed by atoms with Crippen molar-refractivity contribution in [2.45, 2.75) is 39.2 Å². The van der Waals surface area contributed by atoms with Gasteiger partial charge in [-0.1, -0.05) is 24.6 Å². The Labute approximate surface area is 96.8 Å². The van der Waals surface area contributed by atoms with Crippen molar-refractivity contribution in [3.05, 3.63) is 28.8 Å². The van der Waals surface area contributed by atoms with Crippen LogP contribution in [-0.2, 0) is 0 Å². The number of hydrogen-bond donors (Lipinski definition) is 1. The van der Waals surface area contributed by atoms with Crippen molar-refractivity contribution in [2.75, 3.05) is 5.32 Å². The van der Waals surface area contributed by atoms with Crippen molar-refractivity contribution >= 4 is 17.3 Å². The first kappa shape index (κ1) is 10.8. The van der Waals surface area contributed by atoms with E-state index in [2.05, 4.69) is 25.2 Å². The van der Waals surface area contributed by atoms with E-state index in [1.807, 2.05) is 12.1 Å². The standard InChI is InChI=1S/C13H18ClN/c1-9-6-7-11(8-9)15-13-5-3-4-12(14)10(13)2/h3-5,9,11,15H,6-8H2,1-2H3. The van der Waals surface area contributed by atoms with Crippen LogP contribution in [0.15, 0.2) is 18.2 Å². The Hall–Kier alpha value is -0.690. The quantitative estimate of drug-likeness (QED) is 0.791. The minimum atomic E-state index is 0.636. The van der Waals surface area contributed by atoms with Gasteiger partial charge in [-0.15, -0.1) is 0 Å². The maximum atomic E-state index is 6.09. The first-order valence-corrected chi connectivity index (χ1v) is 6.06. The van der Waals surface area contributed by atoms with Crippen LogP contribution in [0.25, 0.3) is 0 Å². The molecule has 2 rings (SSSR count). The summed E-state index contributed by atoms with van der Waals surface area (Å²) in [6, 6.07) is 6.71. The van der Waals surface area contributed by atoms with Gasteiger partial charge in [0.1, 0.15) is 0 Å². The molecule has 2 atom stereocenters. The largest absolute Gasteiger partial charge is 0.382 e. The van der Waals surface area contributed by atoms with Crippen LogP contribution in [0, 0.1) is 12.8 Å². The fourth-order valence-corrected chi connectivity index (χ4v) is 2.50. The molecule has 1 aromatic carbocycles. The van der Waals surface area contributed by atoms with Crippen LogP contribution in [-0.4, -0.2) is 6.04 Å². The van der Waals surface area contributed by atoms with Crippen molar-refractivity contribution in [2.24, 2.45) is 5.92 Å². The van der Waals surface area contributed by atoms with Gasteiger partial charge in [0.05, 0.1) is 0 Å². The van der Waals surface area contributed by atoms with Crippen LogP contribution in [0.5, 0.6) is 0 Å². The number of benzene rings is 1. The SMILES string of the molecule is Cc1c(Cl)cccc1NC1CCC(C)C1. The lowest BCUT2D eigenvalue weighted by atomic mass is 10.1. The number of nitrogens with one attached hydrogen (secondary N) is 1. The molecule has 0 bridgehead atoms. The Balaban J connectivity index is 2.07. The lowest BCUT2D eigenvalue weighted by Gasteiger charge is -2.16. The Kier molecular flexibility index (Phi) is 3.20. The van der Waals surface area contributed by atoms with E-state index < -0.39 is 0 Å². The van der Waals surface area contributed by atoms with Gasteiger partial charge >= 0.3 is 0 Å². The maximum absolute atomic E-state index is 6.09. The van der Waals surface area contributed by atoms with Gasteiger partial charge in [0.2, 0.25) is 0 Å². The number of rotatable bonds is 2. The van der Waals surface area contributed by atoms with Crippen molar-refractivity contribution < 1.29 is 0 Å². The van der Waals surface area contributed by atoms with Gasteiger partial charge in [-0.3, -0.25) is 0 Å². The molecule has 15 heavy (non-hydrogen) atoms. The van der Waals surface area contributed by atoms with Crippen molar-refractivity contribution in [1.82, 2.24) is 0 Å². The highest BCUT2D eigenvalue weighted by Crippen LogP contribution is 2.30. The zero-order valence-corrected chi connectivity index (χ0v) is 10.1. The van der Waals surface area contributed by atoms with E-state index in [0.717, 1.165) is 10.9 Å². The summed E-state index contributed by atoms with van der Waals surface area (Å²) in [4.78, 5) is 0. The summed E-state index contributed by atoms with van der Waals surface area (Å²) in [6.07, 6.45) is 3.91. The number of anilines is 1. The van der Waals surface area contributed by atoms with Gasteiger partial charge in [-0.25, -0.2) is 0 Å². The molecule has 0 spiro atoms. The van der Waals surface area contributed by atoms with Gasteiger partial charge in [0.25, 0.3) is 0 Å². The van der Waals surface area contributed by atoms with Crippen molar-refractivity contribution in [3.63, 3.8) is 0 Å². The third-order valence-corrected chi connectivity index (χ3v) is 3.73. The molecule has 1 nitrogen and oxygen atoms in total. The monoisotopic (exact) mass is 223 g/mol. The minimum absolute atomic E-state index is 0.636. The molecule has 0 radical (unpaired) electrons. The number of hydrogen-bond acceptors (Lipinski definition) is 1. The highest BCUT2D eigenvalue weighted by Gasteiger charge is 2.21. The Morgan fingerprint density at radius 2 is 2.13 bits per heavy atom. The van der Waals surface area contributed by atoms with E-state index in [1.54, 1.807) is 0 Å². The van der Waals surface area contributed by atoms with Gasteiger partial charge in [-0.2, -0.15) is 0 Å². The third kappa shape index (κ3) is 2.46. The molecule has 0 aromatic heterocycles. The highest BCUT2D eigenvalue weighted by atomic mass is 35.5. The Morgan fingerprint density at radius 1 is 1.33 bits per heavy atom. The lowest BCUT2D eigenvalue weighted by molar-refractivity contribution is 0.602. The zero-order chi connectivity index (χ0) is 10.8. The van der Waals surface area contributed by atoms with E-state index in [9.17, 15) is 0 Å². The second-order valence-electron chi connectivity index (χ2n) is 4.67. The molecule has 1 saturated carbocycles. The Morgan fingerprint density at radius 3 is 2.80 bits per heavy atom. The molecule has 1 aliphatic rings. The van der Waals surface area contributed by atoms with E-state index in [4.69, 9.17) is 11.6 Å². The van der Waals surface area contributed by atoms with Crippen LogP contribution in [0.2, 0.25) is 5.02 Å². The molecule has 1 N–H and O–H groups in total. The molecule has 0 amide bonds. The fourth-order valence-electron chi connectivity index (χ4n) is 2.32. The molecule has 82 valence electrons. The summed E-state index contributed by atoms with van der Waals surface area (Å²) in [6.45, 7) is 4.40. The molecular weight excluding hydrogens is 206 g/mol. The maximum Gasteiger partial charge on any atom is 0.0455 e. The van der Waals surface area contributed by atoms with E-state index in [1.165, 1.54) is 30.5 Å². The normalized spacial score (nSPS) is 25.5. The summed E-state index contributed by atoms with van der Waals surface area (Å²) in [5.74, 6) is 0.863. The second kappa shape index (κ2) is 4.44. The zero-order valence-electron chi connectivity index (χ0n) is 9.39. The van der Waals surface area contributed by atoms with Crippen LogP contribution < -0.4 is 5.32 Å². The molecule has 1 fully saturated rings. The molecule has 1 aliphatic carbocycles. The molecule has 0 saturated heterocycles. The van der Waals surface area contributed by atoms with Gasteiger partial charge in [0.15, 0.2) is 0 Å². The van der Waals surface area contributed by atoms with E-state index in [-0.39, 0.29) is 0 Å². The predicted octanol–water partition coefficient (Wildman–Crippen LogP) is 4.25. The third-order valence-electron chi connectivity index (χ3n) is 3.32. The lowest BCUT2D eigenvalue weighted by Crippen LogP contribution is -2.15. The summed E-state index contributed by atoms with van der Waals surface area (Å²) >= 11 is 6.09. The number of halogens is 1. The minimum Gasteiger partial charge on any atom is -0.382 e. The molecule has 0 heterocycles.